The van der Waals surface area contributed by atoms with E-state index in [9.17, 15) is 5.11 Å². The summed E-state index contributed by atoms with van der Waals surface area (Å²) in [5, 5.41) is 13.4. The van der Waals surface area contributed by atoms with Crippen molar-refractivity contribution in [2.24, 2.45) is 5.73 Å². The van der Waals surface area contributed by atoms with Crippen LogP contribution in [0.4, 0.5) is 5.95 Å². The standard InChI is InChI=1S/C13H14Cl2N4O/c14-9-1-2-10(11(15)5-9)12-8(7-20)6-18-13(19-12)17-4-3-16/h1-2,5-6,20H,3-4,7,16H2,(H,17,18,19). The smallest absolute Gasteiger partial charge is 0.223 e. The van der Waals surface area contributed by atoms with E-state index in [1.807, 2.05) is 0 Å². The van der Waals surface area contributed by atoms with Crippen LogP contribution in [0.3, 0.4) is 0 Å². The fourth-order valence-corrected chi connectivity index (χ4v) is 2.20. The number of anilines is 1. The highest BCUT2D eigenvalue weighted by Gasteiger charge is 2.12. The molecule has 0 unspecified atom stereocenters. The first-order valence-corrected chi connectivity index (χ1v) is 6.77. The zero-order valence-electron chi connectivity index (χ0n) is 10.6. The number of hydrogen-bond donors (Lipinski definition) is 3. The number of aliphatic hydroxyl groups excluding tert-OH is 1. The van der Waals surface area contributed by atoms with E-state index in [1.165, 1.54) is 0 Å². The molecule has 0 aliphatic heterocycles. The van der Waals surface area contributed by atoms with Crippen LogP contribution in [0.2, 0.25) is 10.0 Å². The number of nitrogens with one attached hydrogen (secondary N) is 1. The molecule has 4 N–H and O–H groups in total. The first-order chi connectivity index (χ1) is 9.65. The minimum absolute atomic E-state index is 0.175. The molecule has 0 atom stereocenters. The molecule has 0 fully saturated rings. The molecule has 0 saturated heterocycles. The summed E-state index contributed by atoms with van der Waals surface area (Å²) in [6.45, 7) is 0.861. The minimum atomic E-state index is -0.175. The molecule has 1 heterocycles. The molecule has 20 heavy (non-hydrogen) atoms. The third kappa shape index (κ3) is 3.37. The topological polar surface area (TPSA) is 84.1 Å². The Bertz CT molecular complexity index is 607. The predicted molar refractivity (Wildman–Crippen MR) is 81.0 cm³/mol. The van der Waals surface area contributed by atoms with Gasteiger partial charge < -0.3 is 16.2 Å². The number of aromatic nitrogens is 2. The molecule has 0 aliphatic carbocycles. The molecule has 0 amide bonds. The Labute approximate surface area is 126 Å². The quantitative estimate of drug-likeness (QED) is 0.789. The second kappa shape index (κ2) is 6.85. The number of aliphatic hydroxyl groups is 1. The van der Waals surface area contributed by atoms with Crippen molar-refractivity contribution in [2.45, 2.75) is 6.61 Å². The Balaban J connectivity index is 2.46. The molecule has 2 rings (SSSR count). The van der Waals surface area contributed by atoms with E-state index in [0.717, 1.165) is 0 Å². The van der Waals surface area contributed by atoms with Gasteiger partial charge in [0, 0.05) is 35.4 Å². The Kier molecular flexibility index (Phi) is 5.14. The summed E-state index contributed by atoms with van der Waals surface area (Å²) >= 11 is 12.1. The van der Waals surface area contributed by atoms with E-state index in [-0.39, 0.29) is 6.61 Å². The summed E-state index contributed by atoms with van der Waals surface area (Å²) < 4.78 is 0. The first kappa shape index (κ1) is 15.0. The van der Waals surface area contributed by atoms with Gasteiger partial charge in [0.2, 0.25) is 5.95 Å². The molecule has 0 spiro atoms. The van der Waals surface area contributed by atoms with Gasteiger partial charge in [0.25, 0.3) is 0 Å². The van der Waals surface area contributed by atoms with Crippen LogP contribution < -0.4 is 11.1 Å². The van der Waals surface area contributed by atoms with Crippen LogP contribution in [0.25, 0.3) is 11.3 Å². The third-order valence-corrected chi connectivity index (χ3v) is 3.20. The van der Waals surface area contributed by atoms with Crippen LogP contribution in [0.15, 0.2) is 24.4 Å². The minimum Gasteiger partial charge on any atom is -0.392 e. The lowest BCUT2D eigenvalue weighted by Gasteiger charge is -2.11. The second-order valence-corrected chi connectivity index (χ2v) is 4.91. The Morgan fingerprint density at radius 1 is 1.30 bits per heavy atom. The maximum absolute atomic E-state index is 9.40. The van der Waals surface area contributed by atoms with Gasteiger partial charge in [-0.2, -0.15) is 0 Å². The van der Waals surface area contributed by atoms with E-state index >= 15 is 0 Å². The summed E-state index contributed by atoms with van der Waals surface area (Å²) in [5.41, 5.74) is 7.28. The van der Waals surface area contributed by atoms with Crippen molar-refractivity contribution in [2.75, 3.05) is 18.4 Å². The average Bonchev–Trinajstić information content (AvgIpc) is 2.45. The van der Waals surface area contributed by atoms with Gasteiger partial charge in [-0.3, -0.25) is 0 Å². The van der Waals surface area contributed by atoms with Crippen molar-refractivity contribution in [1.82, 2.24) is 9.97 Å². The monoisotopic (exact) mass is 312 g/mol. The van der Waals surface area contributed by atoms with E-state index in [1.54, 1.807) is 24.4 Å². The van der Waals surface area contributed by atoms with Gasteiger partial charge in [-0.05, 0) is 18.2 Å². The van der Waals surface area contributed by atoms with Crippen LogP contribution in [0, 0.1) is 0 Å². The molecule has 1 aromatic heterocycles. The van der Waals surface area contributed by atoms with Crippen molar-refractivity contribution >= 4 is 29.2 Å². The van der Waals surface area contributed by atoms with Gasteiger partial charge in [0.15, 0.2) is 0 Å². The van der Waals surface area contributed by atoms with E-state index in [4.69, 9.17) is 28.9 Å². The van der Waals surface area contributed by atoms with Crippen LogP contribution in [-0.2, 0) is 6.61 Å². The number of nitrogens with two attached hydrogens (primary N) is 1. The number of nitrogens with zero attached hydrogens (tertiary/aromatic N) is 2. The van der Waals surface area contributed by atoms with Crippen LogP contribution in [0.5, 0.6) is 0 Å². The molecule has 0 bridgehead atoms. The largest absolute Gasteiger partial charge is 0.392 e. The van der Waals surface area contributed by atoms with Gasteiger partial charge in [0.05, 0.1) is 17.3 Å². The predicted octanol–water partition coefficient (Wildman–Crippen LogP) is 2.31. The normalized spacial score (nSPS) is 10.6. The highest BCUT2D eigenvalue weighted by Crippen LogP contribution is 2.31. The fourth-order valence-electron chi connectivity index (χ4n) is 1.71. The van der Waals surface area contributed by atoms with Crippen LogP contribution in [0.1, 0.15) is 5.56 Å². The highest BCUT2D eigenvalue weighted by molar-refractivity contribution is 6.36. The first-order valence-electron chi connectivity index (χ1n) is 6.02. The lowest BCUT2D eigenvalue weighted by molar-refractivity contribution is 0.281. The third-order valence-electron chi connectivity index (χ3n) is 2.65. The molecule has 106 valence electrons. The molecule has 5 nitrogen and oxygen atoms in total. The van der Waals surface area contributed by atoms with Gasteiger partial charge in [-0.1, -0.05) is 23.2 Å². The SMILES string of the molecule is NCCNc1ncc(CO)c(-c2ccc(Cl)cc2Cl)n1. The Morgan fingerprint density at radius 2 is 2.10 bits per heavy atom. The maximum Gasteiger partial charge on any atom is 0.223 e. The summed E-state index contributed by atoms with van der Waals surface area (Å²) in [4.78, 5) is 8.49. The average molecular weight is 313 g/mol. The number of rotatable bonds is 5. The van der Waals surface area contributed by atoms with Gasteiger partial charge in [0.1, 0.15) is 0 Å². The zero-order chi connectivity index (χ0) is 14.5. The van der Waals surface area contributed by atoms with E-state index in [0.29, 0.717) is 45.9 Å². The number of hydrogen-bond acceptors (Lipinski definition) is 5. The van der Waals surface area contributed by atoms with Crippen LogP contribution in [-0.4, -0.2) is 28.2 Å². The van der Waals surface area contributed by atoms with Gasteiger partial charge >= 0.3 is 0 Å². The molecule has 0 radical (unpaired) electrons. The molecule has 0 aliphatic rings. The van der Waals surface area contributed by atoms with Crippen molar-refractivity contribution in [3.8, 4) is 11.3 Å². The van der Waals surface area contributed by atoms with Crippen molar-refractivity contribution < 1.29 is 5.11 Å². The number of benzene rings is 1. The summed E-state index contributed by atoms with van der Waals surface area (Å²) in [7, 11) is 0. The molecule has 2 aromatic rings. The molecular weight excluding hydrogens is 299 g/mol. The summed E-state index contributed by atoms with van der Waals surface area (Å²) in [6, 6.07) is 5.12. The maximum atomic E-state index is 9.40. The van der Waals surface area contributed by atoms with Gasteiger partial charge in [-0.15, -0.1) is 0 Å². The summed E-state index contributed by atoms with van der Waals surface area (Å²) in [6.07, 6.45) is 1.56. The lowest BCUT2D eigenvalue weighted by Crippen LogP contribution is -2.15. The molecular formula is C13H14Cl2N4O. The molecule has 0 saturated carbocycles. The summed E-state index contributed by atoms with van der Waals surface area (Å²) in [5.74, 6) is 0.439. The molecule has 1 aromatic carbocycles. The van der Waals surface area contributed by atoms with Crippen LogP contribution >= 0.6 is 23.2 Å². The van der Waals surface area contributed by atoms with Crippen molar-refractivity contribution in [3.63, 3.8) is 0 Å². The zero-order valence-corrected chi connectivity index (χ0v) is 12.1. The molecule has 7 heteroatoms. The van der Waals surface area contributed by atoms with Crippen molar-refractivity contribution in [3.05, 3.63) is 40.0 Å². The lowest BCUT2D eigenvalue weighted by atomic mass is 10.1. The Hall–Kier alpha value is -1.40. The fraction of sp³-hybridized carbons (Fsp3) is 0.231. The van der Waals surface area contributed by atoms with Gasteiger partial charge in [-0.25, -0.2) is 9.97 Å². The highest BCUT2D eigenvalue weighted by atomic mass is 35.5. The second-order valence-electron chi connectivity index (χ2n) is 4.07. The van der Waals surface area contributed by atoms with Crippen molar-refractivity contribution in [1.29, 1.82) is 0 Å². The van der Waals surface area contributed by atoms with E-state index in [2.05, 4.69) is 15.3 Å². The Morgan fingerprint density at radius 3 is 2.75 bits per heavy atom. The number of halogens is 2. The van der Waals surface area contributed by atoms with E-state index < -0.39 is 0 Å².